The summed E-state index contributed by atoms with van der Waals surface area (Å²) in [5, 5.41) is 0.566. The van der Waals surface area contributed by atoms with Gasteiger partial charge in [-0.3, -0.25) is 4.79 Å². The van der Waals surface area contributed by atoms with Gasteiger partial charge in [-0.1, -0.05) is 30.3 Å². The summed E-state index contributed by atoms with van der Waals surface area (Å²) in [6, 6.07) is 12.5. The van der Waals surface area contributed by atoms with Crippen molar-refractivity contribution in [3.63, 3.8) is 0 Å². The molecule has 0 fully saturated rings. The third-order valence-corrected chi connectivity index (χ3v) is 6.62. The number of benzene rings is 2. The van der Waals surface area contributed by atoms with Crippen molar-refractivity contribution in [3.8, 4) is 11.5 Å². The van der Waals surface area contributed by atoms with Gasteiger partial charge in [0.2, 0.25) is 0 Å². The largest absolute Gasteiger partial charge is 0.496 e. The van der Waals surface area contributed by atoms with E-state index in [9.17, 15) is 18.4 Å². The predicted octanol–water partition coefficient (Wildman–Crippen LogP) is 5.86. The van der Waals surface area contributed by atoms with E-state index in [0.717, 1.165) is 12.0 Å². The molecule has 10 heteroatoms. The fourth-order valence-electron chi connectivity index (χ4n) is 3.90. The molecule has 0 aliphatic rings. The number of thiazole rings is 1. The first kappa shape index (κ1) is 28.0. The number of esters is 1. The van der Waals surface area contributed by atoms with E-state index in [1.54, 1.807) is 18.7 Å². The Hall–Kier alpha value is -3.53. The maximum atomic E-state index is 13.6. The second kappa shape index (κ2) is 13.1. The van der Waals surface area contributed by atoms with Crippen LogP contribution in [0.15, 0.2) is 42.5 Å². The first-order chi connectivity index (χ1) is 17.8. The molecule has 0 saturated heterocycles. The van der Waals surface area contributed by atoms with Crippen LogP contribution in [0.3, 0.4) is 0 Å². The molecule has 0 bridgehead atoms. The summed E-state index contributed by atoms with van der Waals surface area (Å²) in [7, 11) is 2.53. The Bertz CT molecular complexity index is 1190. The number of hydrogen-bond donors (Lipinski definition) is 0. The molecule has 0 N–H and O–H groups in total. The van der Waals surface area contributed by atoms with Crippen molar-refractivity contribution in [2.75, 3.05) is 27.4 Å². The average Bonchev–Trinajstić information content (AvgIpc) is 3.27. The first-order valence-corrected chi connectivity index (χ1v) is 12.6. The van der Waals surface area contributed by atoms with Crippen molar-refractivity contribution in [1.29, 1.82) is 0 Å². The topological polar surface area (TPSA) is 78.0 Å². The maximum absolute atomic E-state index is 13.6. The molecule has 3 rings (SSSR count). The van der Waals surface area contributed by atoms with Gasteiger partial charge in [0.1, 0.15) is 22.1 Å². The van der Waals surface area contributed by atoms with Crippen molar-refractivity contribution >= 4 is 23.2 Å². The van der Waals surface area contributed by atoms with Gasteiger partial charge in [0, 0.05) is 17.0 Å². The van der Waals surface area contributed by atoms with Crippen molar-refractivity contribution in [2.45, 2.75) is 39.7 Å². The smallest absolute Gasteiger partial charge is 0.358 e. The number of alkyl halides is 2. The Morgan fingerprint density at radius 2 is 1.73 bits per heavy atom. The summed E-state index contributed by atoms with van der Waals surface area (Å²) in [4.78, 5) is 32.6. The molecular formula is C27H30F2N2O5S. The number of rotatable bonds is 12. The lowest BCUT2D eigenvalue weighted by Crippen LogP contribution is -2.32. The van der Waals surface area contributed by atoms with Gasteiger partial charge in [-0.05, 0) is 44.4 Å². The van der Waals surface area contributed by atoms with Crippen LogP contribution in [-0.4, -0.2) is 49.1 Å². The molecule has 0 unspecified atom stereocenters. The summed E-state index contributed by atoms with van der Waals surface area (Å²) in [6.45, 7) is 4.24. The summed E-state index contributed by atoms with van der Waals surface area (Å²) in [5.41, 5.74) is 1.10. The molecule has 0 saturated carbocycles. The van der Waals surface area contributed by atoms with E-state index < -0.39 is 23.9 Å². The van der Waals surface area contributed by atoms with Crippen LogP contribution in [0.25, 0.3) is 0 Å². The Morgan fingerprint density at radius 1 is 1.08 bits per heavy atom. The molecule has 3 aromatic rings. The molecule has 1 heterocycles. The third kappa shape index (κ3) is 7.03. The van der Waals surface area contributed by atoms with Crippen molar-refractivity contribution < 1.29 is 32.6 Å². The fourth-order valence-corrected chi connectivity index (χ4v) is 4.84. The molecule has 0 spiro atoms. The predicted molar refractivity (Wildman–Crippen MR) is 137 cm³/mol. The van der Waals surface area contributed by atoms with E-state index in [2.05, 4.69) is 4.98 Å². The second-order valence-electron chi connectivity index (χ2n) is 8.14. The first-order valence-electron chi connectivity index (χ1n) is 11.8. The number of ether oxygens (including phenoxy) is 3. The molecule has 0 aliphatic carbocycles. The zero-order valence-electron chi connectivity index (χ0n) is 21.3. The molecule has 198 valence electrons. The van der Waals surface area contributed by atoms with Crippen molar-refractivity contribution in [1.82, 2.24) is 9.88 Å². The molecule has 0 aliphatic heterocycles. The number of carbonyl (C=O) groups is 2. The number of hydrogen-bond acceptors (Lipinski definition) is 7. The van der Waals surface area contributed by atoms with E-state index >= 15 is 0 Å². The van der Waals surface area contributed by atoms with Crippen LogP contribution in [0.1, 0.15) is 61.6 Å². The van der Waals surface area contributed by atoms with Gasteiger partial charge in [-0.15, -0.1) is 11.3 Å². The van der Waals surface area contributed by atoms with E-state index in [4.69, 9.17) is 14.2 Å². The summed E-state index contributed by atoms with van der Waals surface area (Å²) in [5.74, 6) is -1.16. The average molecular weight is 533 g/mol. The molecule has 2 aromatic carbocycles. The molecule has 37 heavy (non-hydrogen) atoms. The quantitative estimate of drug-likeness (QED) is 0.272. The molecule has 0 atom stereocenters. The van der Waals surface area contributed by atoms with Crippen LogP contribution in [0.2, 0.25) is 0 Å². The normalized spacial score (nSPS) is 10.9. The zero-order chi connectivity index (χ0) is 26.9. The Morgan fingerprint density at radius 3 is 2.30 bits per heavy atom. The Labute approximate surface area is 219 Å². The van der Waals surface area contributed by atoms with Crippen LogP contribution in [0, 0.1) is 6.92 Å². The van der Waals surface area contributed by atoms with Gasteiger partial charge >= 0.3 is 5.97 Å². The number of carbonyl (C=O) groups excluding carboxylic acids is 2. The number of methoxy groups -OCH3 is 2. The maximum Gasteiger partial charge on any atom is 0.358 e. The number of amides is 1. The minimum absolute atomic E-state index is 0.128. The lowest BCUT2D eigenvalue weighted by molar-refractivity contribution is 0.0519. The molecule has 0 radical (unpaired) electrons. The lowest BCUT2D eigenvalue weighted by atomic mass is 10.1. The molecule has 1 aromatic heterocycles. The minimum atomic E-state index is -2.84. The molecular weight excluding hydrogens is 502 g/mol. The third-order valence-electron chi connectivity index (χ3n) is 5.67. The Balaban J connectivity index is 1.91. The summed E-state index contributed by atoms with van der Waals surface area (Å²) >= 11 is 1.31. The Kier molecular flexibility index (Phi) is 9.96. The van der Waals surface area contributed by atoms with Crippen LogP contribution in [0.5, 0.6) is 11.5 Å². The van der Waals surface area contributed by atoms with Gasteiger partial charge in [-0.2, -0.15) is 0 Å². The molecule has 1 amide bonds. The van der Waals surface area contributed by atoms with Gasteiger partial charge in [0.25, 0.3) is 12.3 Å². The van der Waals surface area contributed by atoms with Crippen LogP contribution >= 0.6 is 11.3 Å². The van der Waals surface area contributed by atoms with E-state index in [1.165, 1.54) is 37.7 Å². The van der Waals surface area contributed by atoms with Gasteiger partial charge in [-0.25, -0.2) is 18.6 Å². The van der Waals surface area contributed by atoms with Crippen LogP contribution < -0.4 is 9.47 Å². The van der Waals surface area contributed by atoms with Crippen LogP contribution in [-0.2, 0) is 17.7 Å². The van der Waals surface area contributed by atoms with E-state index in [-0.39, 0.29) is 35.9 Å². The standard InChI is InChI=1S/C27H30F2N2O5S/c1-5-36-27(33)24-17(2)37-22(30-24)16-31(13-9-12-18-10-7-6-8-11-18)26(32)19-14-20(34-3)23(25(28)29)21(15-19)35-4/h6-8,10-11,14-15,25H,5,9,12-13,16H2,1-4H3. The fraction of sp³-hybridized carbons (Fsp3) is 0.370. The number of aryl methyl sites for hydroxylation is 2. The lowest BCUT2D eigenvalue weighted by Gasteiger charge is -2.23. The SMILES string of the molecule is CCOC(=O)c1nc(CN(CCCc2ccccc2)C(=O)c2cc(OC)c(C(F)F)c(OC)c2)sc1C. The van der Waals surface area contributed by atoms with Gasteiger partial charge < -0.3 is 19.1 Å². The highest BCUT2D eigenvalue weighted by Crippen LogP contribution is 2.38. The monoisotopic (exact) mass is 532 g/mol. The number of nitrogens with zero attached hydrogens (tertiary/aromatic N) is 2. The highest BCUT2D eigenvalue weighted by molar-refractivity contribution is 7.11. The highest BCUT2D eigenvalue weighted by Gasteiger charge is 2.26. The highest BCUT2D eigenvalue weighted by atomic mass is 32.1. The van der Waals surface area contributed by atoms with Crippen LogP contribution in [0.4, 0.5) is 8.78 Å². The van der Waals surface area contributed by atoms with Gasteiger partial charge in [0.05, 0.1) is 27.4 Å². The van der Waals surface area contributed by atoms with E-state index in [0.29, 0.717) is 22.9 Å². The number of aromatic nitrogens is 1. The number of halogens is 2. The zero-order valence-corrected chi connectivity index (χ0v) is 22.1. The second-order valence-corrected chi connectivity index (χ2v) is 9.43. The summed E-state index contributed by atoms with van der Waals surface area (Å²) in [6.07, 6.45) is -1.43. The van der Waals surface area contributed by atoms with E-state index in [1.807, 2.05) is 30.3 Å². The minimum Gasteiger partial charge on any atom is -0.496 e. The summed E-state index contributed by atoms with van der Waals surface area (Å²) < 4.78 is 42.6. The molecule has 7 nitrogen and oxygen atoms in total. The van der Waals surface area contributed by atoms with Crippen molar-refractivity contribution in [2.24, 2.45) is 0 Å². The van der Waals surface area contributed by atoms with Gasteiger partial charge in [0.15, 0.2) is 5.69 Å². The van der Waals surface area contributed by atoms with Crippen molar-refractivity contribution in [3.05, 3.63) is 74.7 Å².